The van der Waals surface area contributed by atoms with E-state index >= 15 is 0 Å². The molecule has 2 N–H and O–H groups in total. The molecule has 8 nitrogen and oxygen atoms in total. The van der Waals surface area contributed by atoms with E-state index in [1.807, 2.05) is 41.8 Å². The number of aromatic nitrogens is 5. The summed E-state index contributed by atoms with van der Waals surface area (Å²) < 4.78 is 1.94. The maximum atomic E-state index is 4.35. The van der Waals surface area contributed by atoms with Gasteiger partial charge in [-0.1, -0.05) is 6.07 Å². The minimum Gasteiger partial charge on any atom is -0.351 e. The minimum absolute atomic E-state index is 0. The molecule has 24 heavy (non-hydrogen) atoms. The van der Waals surface area contributed by atoms with Crippen molar-refractivity contribution in [3.8, 4) is 0 Å². The molecule has 126 valence electrons. The van der Waals surface area contributed by atoms with Crippen LogP contribution in [0.5, 0.6) is 0 Å². The maximum Gasteiger partial charge on any atom is 0.191 e. The molecule has 0 saturated carbocycles. The fourth-order valence-corrected chi connectivity index (χ4v) is 2.17. The first kappa shape index (κ1) is 18.0. The predicted molar refractivity (Wildman–Crippen MR) is 102 cm³/mol. The Kier molecular flexibility index (Phi) is 6.41. The van der Waals surface area contributed by atoms with Crippen LogP contribution in [0.1, 0.15) is 17.3 Å². The van der Waals surface area contributed by atoms with Crippen LogP contribution in [-0.2, 0) is 13.1 Å². The van der Waals surface area contributed by atoms with Crippen LogP contribution in [0, 0.1) is 6.92 Å². The molecule has 3 rings (SSSR count). The number of fused-ring (bicyclic) bond motifs is 1. The highest BCUT2D eigenvalue weighted by atomic mass is 127. The average Bonchev–Trinajstić information content (AvgIpc) is 2.98. The van der Waals surface area contributed by atoms with Crippen LogP contribution in [-0.4, -0.2) is 37.6 Å². The van der Waals surface area contributed by atoms with Crippen molar-refractivity contribution in [2.45, 2.75) is 20.0 Å². The second kappa shape index (κ2) is 8.52. The number of hydrogen-bond donors (Lipinski definition) is 2. The number of aryl methyl sites for hydroxylation is 1. The third-order valence-electron chi connectivity index (χ3n) is 3.29. The molecule has 0 unspecified atom stereocenters. The van der Waals surface area contributed by atoms with Gasteiger partial charge in [0.05, 0.1) is 18.8 Å². The molecule has 0 aliphatic carbocycles. The third-order valence-corrected chi connectivity index (χ3v) is 3.29. The lowest BCUT2D eigenvalue weighted by atomic mass is 10.4. The molecule has 0 bridgehead atoms. The highest BCUT2D eigenvalue weighted by Gasteiger charge is 2.06. The van der Waals surface area contributed by atoms with E-state index < -0.39 is 0 Å². The van der Waals surface area contributed by atoms with Crippen molar-refractivity contribution >= 4 is 35.6 Å². The summed E-state index contributed by atoms with van der Waals surface area (Å²) in [5.41, 5.74) is 1.73. The van der Waals surface area contributed by atoms with Crippen molar-refractivity contribution < 1.29 is 0 Å². The summed E-state index contributed by atoms with van der Waals surface area (Å²) >= 11 is 0. The number of halogens is 1. The molecule has 0 fully saturated rings. The predicted octanol–water partition coefficient (Wildman–Crippen LogP) is 1.31. The lowest BCUT2D eigenvalue weighted by molar-refractivity contribution is 0.752. The van der Waals surface area contributed by atoms with Crippen LogP contribution < -0.4 is 10.6 Å². The van der Waals surface area contributed by atoms with Crippen molar-refractivity contribution in [1.29, 1.82) is 0 Å². The largest absolute Gasteiger partial charge is 0.351 e. The van der Waals surface area contributed by atoms with E-state index in [0.29, 0.717) is 19.0 Å². The van der Waals surface area contributed by atoms with Gasteiger partial charge < -0.3 is 10.6 Å². The molecule has 0 atom stereocenters. The van der Waals surface area contributed by atoms with Gasteiger partial charge in [-0.2, -0.15) is 0 Å². The highest BCUT2D eigenvalue weighted by molar-refractivity contribution is 14.0. The van der Waals surface area contributed by atoms with Crippen LogP contribution in [0.4, 0.5) is 0 Å². The Balaban J connectivity index is 0.00000208. The summed E-state index contributed by atoms with van der Waals surface area (Å²) in [6, 6.07) is 7.68. The van der Waals surface area contributed by atoms with Gasteiger partial charge in [0.25, 0.3) is 0 Å². The third kappa shape index (κ3) is 4.37. The van der Waals surface area contributed by atoms with E-state index in [9.17, 15) is 0 Å². The maximum absolute atomic E-state index is 4.35. The van der Waals surface area contributed by atoms with Gasteiger partial charge in [-0.25, -0.2) is 9.97 Å². The van der Waals surface area contributed by atoms with Gasteiger partial charge in [0, 0.05) is 19.4 Å². The second-order valence-electron chi connectivity index (χ2n) is 4.92. The number of rotatable bonds is 4. The number of nitrogens with zero attached hydrogens (tertiary/aromatic N) is 6. The molecule has 3 aromatic rings. The number of nitrogens with one attached hydrogen (secondary N) is 2. The van der Waals surface area contributed by atoms with Crippen LogP contribution in [0.15, 0.2) is 41.7 Å². The van der Waals surface area contributed by atoms with E-state index in [0.717, 1.165) is 23.0 Å². The van der Waals surface area contributed by atoms with Crippen LogP contribution in [0.3, 0.4) is 0 Å². The summed E-state index contributed by atoms with van der Waals surface area (Å²) in [7, 11) is 1.72. The molecule has 0 aliphatic heterocycles. The average molecular weight is 438 g/mol. The van der Waals surface area contributed by atoms with Crippen molar-refractivity contribution in [3.63, 3.8) is 0 Å². The van der Waals surface area contributed by atoms with Gasteiger partial charge in [0.1, 0.15) is 5.82 Å². The molecule has 3 heterocycles. The van der Waals surface area contributed by atoms with E-state index in [-0.39, 0.29) is 24.0 Å². The van der Waals surface area contributed by atoms with Gasteiger partial charge >= 0.3 is 0 Å². The minimum atomic E-state index is 0. The Labute approximate surface area is 156 Å². The highest BCUT2D eigenvalue weighted by Crippen LogP contribution is 2.02. The lowest BCUT2D eigenvalue weighted by Gasteiger charge is -2.11. The van der Waals surface area contributed by atoms with Gasteiger partial charge in [-0.15, -0.1) is 34.2 Å². The SMILES string of the molecule is CN=C(NCc1ccnc(C)n1)NCc1nnc2ccccn12.I. The molecule has 3 aromatic heterocycles. The molecule has 0 radical (unpaired) electrons. The topological polar surface area (TPSA) is 92.4 Å². The van der Waals surface area contributed by atoms with Gasteiger partial charge in [-0.3, -0.25) is 9.39 Å². The Hall–Kier alpha value is -2.30. The standard InChI is InChI=1S/C15H18N8.HI/c1-11-17-7-6-12(20-11)9-18-15(16-2)19-10-14-22-21-13-5-3-4-8-23(13)14;/h3-8H,9-10H2,1-2H3,(H2,16,18,19);1H. The molecule has 9 heteroatoms. The molecular formula is C15H19IN8. The van der Waals surface area contributed by atoms with Crippen molar-refractivity contribution in [2.24, 2.45) is 4.99 Å². The monoisotopic (exact) mass is 438 g/mol. The first-order chi connectivity index (χ1) is 11.3. The van der Waals surface area contributed by atoms with E-state index in [1.54, 1.807) is 13.2 Å². The molecular weight excluding hydrogens is 419 g/mol. The zero-order valence-corrected chi connectivity index (χ0v) is 15.8. The molecule has 0 aliphatic rings. The van der Waals surface area contributed by atoms with Crippen molar-refractivity contribution in [1.82, 2.24) is 35.2 Å². The van der Waals surface area contributed by atoms with Crippen LogP contribution in [0.25, 0.3) is 5.65 Å². The molecule has 0 aromatic carbocycles. The van der Waals surface area contributed by atoms with Crippen molar-refractivity contribution in [3.05, 3.63) is 54.0 Å². The Bertz CT molecular complexity index is 829. The summed E-state index contributed by atoms with van der Waals surface area (Å²) in [5, 5.41) is 14.7. The van der Waals surface area contributed by atoms with E-state index in [1.165, 1.54) is 0 Å². The zero-order valence-electron chi connectivity index (χ0n) is 13.5. The number of hydrogen-bond acceptors (Lipinski definition) is 5. The quantitative estimate of drug-likeness (QED) is 0.363. The fraction of sp³-hybridized carbons (Fsp3) is 0.267. The van der Waals surface area contributed by atoms with E-state index in [2.05, 4.69) is 35.8 Å². The summed E-state index contributed by atoms with van der Waals surface area (Å²) in [5.74, 6) is 2.25. The van der Waals surface area contributed by atoms with Crippen LogP contribution in [0.2, 0.25) is 0 Å². The van der Waals surface area contributed by atoms with E-state index in [4.69, 9.17) is 0 Å². The Morgan fingerprint density at radius 1 is 1.17 bits per heavy atom. The number of aliphatic imine (C=N–C) groups is 1. The van der Waals surface area contributed by atoms with Crippen LogP contribution >= 0.6 is 24.0 Å². The summed E-state index contributed by atoms with van der Waals surface area (Å²) in [6.45, 7) is 2.96. The Morgan fingerprint density at radius 2 is 2.00 bits per heavy atom. The zero-order chi connectivity index (χ0) is 16.1. The smallest absolute Gasteiger partial charge is 0.191 e. The van der Waals surface area contributed by atoms with Gasteiger partial charge in [0.15, 0.2) is 17.4 Å². The first-order valence-corrected chi connectivity index (χ1v) is 7.28. The van der Waals surface area contributed by atoms with Gasteiger partial charge in [0.2, 0.25) is 0 Å². The summed E-state index contributed by atoms with van der Waals surface area (Å²) in [4.78, 5) is 12.6. The Morgan fingerprint density at radius 3 is 2.79 bits per heavy atom. The number of guanidine groups is 1. The normalized spacial score (nSPS) is 11.2. The fourth-order valence-electron chi connectivity index (χ4n) is 2.17. The molecule has 0 spiro atoms. The second-order valence-corrected chi connectivity index (χ2v) is 4.92. The van der Waals surface area contributed by atoms with Crippen molar-refractivity contribution in [2.75, 3.05) is 7.05 Å². The lowest BCUT2D eigenvalue weighted by Crippen LogP contribution is -2.37. The molecule has 0 amide bonds. The van der Waals surface area contributed by atoms with Gasteiger partial charge in [-0.05, 0) is 25.1 Å². The first-order valence-electron chi connectivity index (χ1n) is 7.28. The molecule has 0 saturated heterocycles. The number of pyridine rings is 1. The summed E-state index contributed by atoms with van der Waals surface area (Å²) in [6.07, 6.45) is 3.68.